The SMILES string of the molecule is COC(=O)c1c(C)[nH]c(C(=O)C(C)OC(=O)c2ccc3ccccc3n2)c1C. The number of Topliss-reactive ketones (excluding diaryl/α,β-unsaturated/α-hetero) is 1. The van der Waals surface area contributed by atoms with Crippen LogP contribution in [-0.4, -0.2) is 40.9 Å². The summed E-state index contributed by atoms with van der Waals surface area (Å²) in [6, 6.07) is 10.7. The van der Waals surface area contributed by atoms with Crippen LogP contribution in [0.5, 0.6) is 0 Å². The number of methoxy groups -OCH3 is 1. The minimum absolute atomic E-state index is 0.119. The highest BCUT2D eigenvalue weighted by molar-refractivity contribution is 6.04. The van der Waals surface area contributed by atoms with Crippen LogP contribution in [0, 0.1) is 13.8 Å². The first-order chi connectivity index (χ1) is 13.3. The number of ketones is 1. The highest BCUT2D eigenvalue weighted by Crippen LogP contribution is 2.21. The summed E-state index contributed by atoms with van der Waals surface area (Å²) in [7, 11) is 1.27. The average molecular weight is 380 g/mol. The number of nitrogens with one attached hydrogen (secondary N) is 1. The van der Waals surface area contributed by atoms with Crippen LogP contribution in [-0.2, 0) is 9.47 Å². The van der Waals surface area contributed by atoms with Gasteiger partial charge in [0.05, 0.1) is 23.9 Å². The molecule has 0 aliphatic heterocycles. The molecule has 0 amide bonds. The number of carbonyl (C=O) groups is 3. The molecule has 1 atom stereocenters. The highest BCUT2D eigenvalue weighted by atomic mass is 16.5. The van der Waals surface area contributed by atoms with Crippen LogP contribution in [0.3, 0.4) is 0 Å². The molecule has 7 heteroatoms. The Kier molecular flexibility index (Phi) is 5.26. The Morgan fingerprint density at radius 2 is 1.75 bits per heavy atom. The third-order valence-corrected chi connectivity index (χ3v) is 4.53. The van der Waals surface area contributed by atoms with Crippen LogP contribution in [0.15, 0.2) is 36.4 Å². The second-order valence-corrected chi connectivity index (χ2v) is 6.42. The maximum atomic E-state index is 12.7. The van der Waals surface area contributed by atoms with Gasteiger partial charge in [-0.3, -0.25) is 4.79 Å². The Balaban J connectivity index is 1.80. The van der Waals surface area contributed by atoms with Gasteiger partial charge in [0, 0.05) is 11.1 Å². The third-order valence-electron chi connectivity index (χ3n) is 4.53. The minimum atomic E-state index is -1.05. The Morgan fingerprint density at radius 1 is 1.04 bits per heavy atom. The molecule has 0 aliphatic carbocycles. The van der Waals surface area contributed by atoms with Crippen molar-refractivity contribution >= 4 is 28.6 Å². The summed E-state index contributed by atoms with van der Waals surface area (Å²) in [5, 5.41) is 0.899. The number of benzene rings is 1. The zero-order valence-electron chi connectivity index (χ0n) is 16.0. The predicted octanol–water partition coefficient (Wildman–Crippen LogP) is 3.39. The van der Waals surface area contributed by atoms with Gasteiger partial charge in [0.25, 0.3) is 0 Å². The number of esters is 2. The fraction of sp³-hybridized carbons (Fsp3) is 0.238. The summed E-state index contributed by atoms with van der Waals surface area (Å²) in [5.41, 5.74) is 2.27. The molecule has 0 fully saturated rings. The van der Waals surface area contributed by atoms with E-state index in [1.54, 1.807) is 32.0 Å². The lowest BCUT2D eigenvalue weighted by Gasteiger charge is -2.12. The molecule has 0 bridgehead atoms. The zero-order valence-corrected chi connectivity index (χ0v) is 16.0. The van der Waals surface area contributed by atoms with Crippen LogP contribution < -0.4 is 0 Å². The molecule has 7 nitrogen and oxygen atoms in total. The number of nitrogens with zero attached hydrogens (tertiary/aromatic N) is 1. The van der Waals surface area contributed by atoms with Gasteiger partial charge < -0.3 is 14.5 Å². The molecular weight excluding hydrogens is 360 g/mol. The molecule has 1 N–H and O–H groups in total. The number of rotatable bonds is 5. The fourth-order valence-electron chi connectivity index (χ4n) is 3.06. The summed E-state index contributed by atoms with van der Waals surface area (Å²) >= 11 is 0. The summed E-state index contributed by atoms with van der Waals surface area (Å²) < 4.78 is 10.1. The molecule has 0 spiro atoms. The van der Waals surface area contributed by atoms with E-state index in [0.717, 1.165) is 5.39 Å². The molecule has 0 saturated carbocycles. The average Bonchev–Trinajstić information content (AvgIpc) is 3.00. The Bertz CT molecular complexity index is 1080. The van der Waals surface area contributed by atoms with Crippen LogP contribution in [0.25, 0.3) is 10.9 Å². The largest absolute Gasteiger partial charge is 0.465 e. The number of fused-ring (bicyclic) bond motifs is 1. The maximum absolute atomic E-state index is 12.7. The lowest BCUT2D eigenvalue weighted by atomic mass is 10.1. The fourth-order valence-corrected chi connectivity index (χ4v) is 3.06. The number of para-hydroxylation sites is 1. The van der Waals surface area contributed by atoms with Gasteiger partial charge in [0.15, 0.2) is 6.10 Å². The van der Waals surface area contributed by atoms with Crippen LogP contribution >= 0.6 is 0 Å². The number of aromatic amines is 1. The second-order valence-electron chi connectivity index (χ2n) is 6.42. The van der Waals surface area contributed by atoms with Gasteiger partial charge in [-0.05, 0) is 38.5 Å². The number of carbonyl (C=O) groups excluding carboxylic acids is 3. The first-order valence-electron chi connectivity index (χ1n) is 8.72. The van der Waals surface area contributed by atoms with Crippen molar-refractivity contribution in [2.24, 2.45) is 0 Å². The van der Waals surface area contributed by atoms with E-state index in [9.17, 15) is 14.4 Å². The van der Waals surface area contributed by atoms with Crippen LogP contribution in [0.4, 0.5) is 0 Å². The number of H-pyrrole nitrogens is 1. The van der Waals surface area contributed by atoms with Gasteiger partial charge in [-0.1, -0.05) is 24.3 Å². The van der Waals surface area contributed by atoms with E-state index in [2.05, 4.69) is 9.97 Å². The molecule has 0 saturated heterocycles. The van der Waals surface area contributed by atoms with Crippen molar-refractivity contribution in [2.45, 2.75) is 26.9 Å². The lowest BCUT2D eigenvalue weighted by molar-refractivity contribution is 0.0311. The number of hydrogen-bond donors (Lipinski definition) is 1. The van der Waals surface area contributed by atoms with Gasteiger partial charge >= 0.3 is 11.9 Å². The van der Waals surface area contributed by atoms with E-state index < -0.39 is 23.8 Å². The van der Waals surface area contributed by atoms with Crippen LogP contribution in [0.2, 0.25) is 0 Å². The molecule has 2 aromatic heterocycles. The first kappa shape index (κ1) is 19.3. The van der Waals surface area contributed by atoms with Crippen LogP contribution in [0.1, 0.15) is 49.5 Å². The quantitative estimate of drug-likeness (QED) is 0.538. The monoisotopic (exact) mass is 380 g/mol. The Morgan fingerprint density at radius 3 is 2.46 bits per heavy atom. The first-order valence-corrected chi connectivity index (χ1v) is 8.72. The molecule has 3 rings (SSSR count). The third kappa shape index (κ3) is 3.51. The summed E-state index contributed by atoms with van der Waals surface area (Å²) in [6.07, 6.45) is -1.05. The van der Waals surface area contributed by atoms with Crippen molar-refractivity contribution in [2.75, 3.05) is 7.11 Å². The van der Waals surface area contributed by atoms with Gasteiger partial charge in [0.2, 0.25) is 5.78 Å². The van der Waals surface area contributed by atoms with E-state index >= 15 is 0 Å². The topological polar surface area (TPSA) is 98.4 Å². The minimum Gasteiger partial charge on any atom is -0.465 e. The molecule has 144 valence electrons. The maximum Gasteiger partial charge on any atom is 0.357 e. The van der Waals surface area contributed by atoms with Gasteiger partial charge in [-0.15, -0.1) is 0 Å². The predicted molar refractivity (Wildman–Crippen MR) is 103 cm³/mol. The van der Waals surface area contributed by atoms with Crippen molar-refractivity contribution in [3.63, 3.8) is 0 Å². The normalized spacial score (nSPS) is 11.9. The summed E-state index contributed by atoms with van der Waals surface area (Å²) in [6.45, 7) is 4.79. The number of aromatic nitrogens is 2. The van der Waals surface area contributed by atoms with E-state index in [-0.39, 0.29) is 11.4 Å². The molecule has 1 unspecified atom stereocenters. The van der Waals surface area contributed by atoms with E-state index in [1.165, 1.54) is 14.0 Å². The van der Waals surface area contributed by atoms with Gasteiger partial charge in [-0.25, -0.2) is 14.6 Å². The highest BCUT2D eigenvalue weighted by Gasteiger charge is 2.27. The van der Waals surface area contributed by atoms with E-state index in [4.69, 9.17) is 9.47 Å². The van der Waals surface area contributed by atoms with Gasteiger partial charge in [0.1, 0.15) is 5.69 Å². The number of ether oxygens (including phenoxy) is 2. The standard InChI is InChI=1S/C21H20N2O5/c1-11-17(21(26)27-4)12(2)22-18(11)19(24)13(3)28-20(25)16-10-9-14-7-5-6-8-15(14)23-16/h5-10,13,22H,1-4H3. The molecule has 28 heavy (non-hydrogen) atoms. The molecule has 0 aliphatic rings. The van der Waals surface area contributed by atoms with Crippen molar-refractivity contribution in [3.8, 4) is 0 Å². The molecular formula is C21H20N2O5. The zero-order chi connectivity index (χ0) is 20.4. The van der Waals surface area contributed by atoms with E-state index in [0.29, 0.717) is 22.3 Å². The summed E-state index contributed by atoms with van der Waals surface area (Å²) in [5.74, 6) is -1.67. The Labute approximate surface area is 161 Å². The molecule has 2 heterocycles. The second kappa shape index (κ2) is 7.64. The number of aryl methyl sites for hydroxylation is 1. The Hall–Kier alpha value is -3.48. The molecule has 3 aromatic rings. The lowest BCUT2D eigenvalue weighted by Crippen LogP contribution is -2.25. The van der Waals surface area contributed by atoms with E-state index in [1.807, 2.05) is 18.2 Å². The number of hydrogen-bond acceptors (Lipinski definition) is 6. The smallest absolute Gasteiger partial charge is 0.357 e. The number of pyridine rings is 1. The van der Waals surface area contributed by atoms with Crippen molar-refractivity contribution < 1.29 is 23.9 Å². The van der Waals surface area contributed by atoms with Gasteiger partial charge in [-0.2, -0.15) is 0 Å². The van der Waals surface area contributed by atoms with Crippen molar-refractivity contribution in [1.29, 1.82) is 0 Å². The molecule has 1 aromatic carbocycles. The molecule has 0 radical (unpaired) electrons. The summed E-state index contributed by atoms with van der Waals surface area (Å²) in [4.78, 5) is 44.2. The van der Waals surface area contributed by atoms with Crippen molar-refractivity contribution in [3.05, 3.63) is 64.6 Å². The van der Waals surface area contributed by atoms with Crippen molar-refractivity contribution in [1.82, 2.24) is 9.97 Å².